The van der Waals surface area contributed by atoms with Gasteiger partial charge in [0, 0.05) is 16.9 Å². The number of amides is 2. The molecule has 0 aliphatic rings. The van der Waals surface area contributed by atoms with Crippen molar-refractivity contribution in [1.82, 2.24) is 5.32 Å². The maximum Gasteiger partial charge on any atom is 0.261 e. The molecule has 3 aromatic rings. The minimum absolute atomic E-state index is 0.126. The molecule has 0 bridgehead atoms. The van der Waals surface area contributed by atoms with Gasteiger partial charge in [0.1, 0.15) is 0 Å². The van der Waals surface area contributed by atoms with Crippen molar-refractivity contribution < 1.29 is 18.0 Å². The third kappa shape index (κ3) is 5.73. The van der Waals surface area contributed by atoms with E-state index in [1.54, 1.807) is 36.4 Å². The van der Waals surface area contributed by atoms with Gasteiger partial charge in [0.25, 0.3) is 15.9 Å². The molecule has 0 atom stereocenters. The van der Waals surface area contributed by atoms with Gasteiger partial charge in [-0.25, -0.2) is 8.42 Å². The van der Waals surface area contributed by atoms with E-state index >= 15 is 0 Å². The molecule has 0 aliphatic heterocycles. The fourth-order valence-corrected chi connectivity index (χ4v) is 4.05. The summed E-state index contributed by atoms with van der Waals surface area (Å²) in [6, 6.07) is 18.1. The van der Waals surface area contributed by atoms with Crippen LogP contribution in [0.2, 0.25) is 0 Å². The highest BCUT2D eigenvalue weighted by Gasteiger charge is 2.15. The van der Waals surface area contributed by atoms with Gasteiger partial charge in [-0.1, -0.05) is 35.9 Å². The van der Waals surface area contributed by atoms with E-state index < -0.39 is 15.9 Å². The van der Waals surface area contributed by atoms with E-state index in [2.05, 4.69) is 15.4 Å². The first-order valence-corrected chi connectivity index (χ1v) is 11.5. The molecule has 166 valence electrons. The van der Waals surface area contributed by atoms with E-state index in [-0.39, 0.29) is 28.6 Å². The van der Waals surface area contributed by atoms with Gasteiger partial charge in [-0.3, -0.25) is 14.3 Å². The lowest BCUT2D eigenvalue weighted by molar-refractivity contribution is -0.115. The Morgan fingerprint density at radius 1 is 0.875 bits per heavy atom. The maximum absolute atomic E-state index is 12.6. The number of hydrogen-bond acceptors (Lipinski definition) is 4. The molecule has 2 amide bonds. The van der Waals surface area contributed by atoms with E-state index in [1.165, 1.54) is 18.2 Å². The van der Waals surface area contributed by atoms with Gasteiger partial charge in [-0.2, -0.15) is 0 Å². The van der Waals surface area contributed by atoms with Gasteiger partial charge in [-0.05, 0) is 68.3 Å². The predicted molar refractivity (Wildman–Crippen MR) is 125 cm³/mol. The number of aryl methyl sites for hydroxylation is 2. The van der Waals surface area contributed by atoms with E-state index in [4.69, 9.17) is 0 Å². The van der Waals surface area contributed by atoms with Crippen LogP contribution < -0.4 is 15.4 Å². The zero-order valence-corrected chi connectivity index (χ0v) is 18.9. The van der Waals surface area contributed by atoms with E-state index in [0.29, 0.717) is 5.69 Å². The van der Waals surface area contributed by atoms with Crippen molar-refractivity contribution in [2.75, 3.05) is 16.6 Å². The summed E-state index contributed by atoms with van der Waals surface area (Å²) in [6.45, 7) is 5.51. The highest BCUT2D eigenvalue weighted by molar-refractivity contribution is 7.92. The quantitative estimate of drug-likeness (QED) is 0.508. The van der Waals surface area contributed by atoms with Crippen LogP contribution in [0.3, 0.4) is 0 Å². The summed E-state index contributed by atoms with van der Waals surface area (Å²) < 4.78 is 27.6. The number of sulfonamides is 1. The molecular formula is C24H25N3O4S. The first kappa shape index (κ1) is 23.0. The van der Waals surface area contributed by atoms with Gasteiger partial charge >= 0.3 is 0 Å². The normalized spacial score (nSPS) is 11.0. The number of benzene rings is 3. The van der Waals surface area contributed by atoms with Crippen LogP contribution in [0.25, 0.3) is 0 Å². The summed E-state index contributed by atoms with van der Waals surface area (Å²) in [5.41, 5.74) is 4.13. The molecule has 0 unspecified atom stereocenters. The molecule has 3 rings (SSSR count). The second kappa shape index (κ2) is 9.65. The van der Waals surface area contributed by atoms with Crippen molar-refractivity contribution in [3.63, 3.8) is 0 Å². The number of anilines is 2. The van der Waals surface area contributed by atoms with E-state index in [0.717, 1.165) is 16.7 Å². The van der Waals surface area contributed by atoms with Crippen LogP contribution in [0.4, 0.5) is 11.4 Å². The number of nitrogens with one attached hydrogen (secondary N) is 3. The van der Waals surface area contributed by atoms with Crippen LogP contribution in [-0.4, -0.2) is 26.8 Å². The monoisotopic (exact) mass is 451 g/mol. The second-order valence-electron chi connectivity index (χ2n) is 7.48. The third-order valence-electron chi connectivity index (χ3n) is 5.00. The van der Waals surface area contributed by atoms with Crippen LogP contribution in [0.5, 0.6) is 0 Å². The average Bonchev–Trinajstić information content (AvgIpc) is 2.75. The molecule has 32 heavy (non-hydrogen) atoms. The standard InChI is InChI=1S/C24H25N3O4S/c1-16-10-12-21(13-11-16)32(30,31)27-20-8-5-7-19(14-20)24(29)25-15-23(28)26-22-9-4-6-17(2)18(22)3/h4-14,27H,15H2,1-3H3,(H,25,29)(H,26,28). The third-order valence-corrected chi connectivity index (χ3v) is 6.39. The molecule has 0 heterocycles. The summed E-state index contributed by atoms with van der Waals surface area (Å²) in [5, 5.41) is 5.33. The van der Waals surface area contributed by atoms with Crippen molar-refractivity contribution in [3.05, 3.63) is 89.0 Å². The van der Waals surface area contributed by atoms with Gasteiger partial charge in [0.15, 0.2) is 0 Å². The van der Waals surface area contributed by atoms with Gasteiger partial charge in [-0.15, -0.1) is 0 Å². The Labute approximate surface area is 187 Å². The zero-order valence-electron chi connectivity index (χ0n) is 18.1. The SMILES string of the molecule is Cc1ccc(S(=O)(=O)Nc2cccc(C(=O)NCC(=O)Nc3cccc(C)c3C)c2)cc1. The van der Waals surface area contributed by atoms with Crippen molar-refractivity contribution >= 4 is 33.2 Å². The maximum atomic E-state index is 12.6. The van der Waals surface area contributed by atoms with Crippen LogP contribution >= 0.6 is 0 Å². The molecule has 3 aromatic carbocycles. The lowest BCUT2D eigenvalue weighted by atomic mass is 10.1. The molecule has 0 fully saturated rings. The molecular weight excluding hydrogens is 426 g/mol. The number of rotatable bonds is 7. The smallest absolute Gasteiger partial charge is 0.261 e. The summed E-state index contributed by atoms with van der Waals surface area (Å²) in [7, 11) is -3.79. The molecule has 8 heteroatoms. The van der Waals surface area contributed by atoms with Gasteiger partial charge < -0.3 is 10.6 Å². The molecule has 0 saturated carbocycles. The molecule has 7 nitrogen and oxygen atoms in total. The Morgan fingerprint density at radius 3 is 2.28 bits per heavy atom. The molecule has 0 aliphatic carbocycles. The summed E-state index contributed by atoms with van der Waals surface area (Å²) in [6.07, 6.45) is 0. The average molecular weight is 452 g/mol. The fourth-order valence-electron chi connectivity index (χ4n) is 3.00. The zero-order chi connectivity index (χ0) is 23.3. The first-order chi connectivity index (χ1) is 15.2. The molecule has 0 radical (unpaired) electrons. The highest BCUT2D eigenvalue weighted by atomic mass is 32.2. The Hall–Kier alpha value is -3.65. The minimum Gasteiger partial charge on any atom is -0.343 e. The summed E-state index contributed by atoms with van der Waals surface area (Å²) in [4.78, 5) is 24.8. The van der Waals surface area contributed by atoms with Gasteiger partial charge in [0.2, 0.25) is 5.91 Å². The lowest BCUT2D eigenvalue weighted by Crippen LogP contribution is -2.33. The molecule has 0 spiro atoms. The van der Waals surface area contributed by atoms with Crippen LogP contribution in [0.15, 0.2) is 71.6 Å². The van der Waals surface area contributed by atoms with Crippen molar-refractivity contribution in [2.45, 2.75) is 25.7 Å². The van der Waals surface area contributed by atoms with Crippen LogP contribution in [0.1, 0.15) is 27.0 Å². The topological polar surface area (TPSA) is 104 Å². The largest absolute Gasteiger partial charge is 0.343 e. The second-order valence-corrected chi connectivity index (χ2v) is 9.16. The number of carbonyl (C=O) groups excluding carboxylic acids is 2. The molecule has 0 aromatic heterocycles. The summed E-state index contributed by atoms with van der Waals surface area (Å²) in [5.74, 6) is -0.847. The van der Waals surface area contributed by atoms with Crippen molar-refractivity contribution in [1.29, 1.82) is 0 Å². The highest BCUT2D eigenvalue weighted by Crippen LogP contribution is 2.19. The van der Waals surface area contributed by atoms with Crippen molar-refractivity contribution in [3.8, 4) is 0 Å². The summed E-state index contributed by atoms with van der Waals surface area (Å²) >= 11 is 0. The lowest BCUT2D eigenvalue weighted by Gasteiger charge is -2.12. The Bertz CT molecular complexity index is 1250. The number of carbonyl (C=O) groups is 2. The van der Waals surface area contributed by atoms with Crippen LogP contribution in [0, 0.1) is 20.8 Å². The fraction of sp³-hybridized carbons (Fsp3) is 0.167. The van der Waals surface area contributed by atoms with E-state index in [9.17, 15) is 18.0 Å². The first-order valence-electron chi connectivity index (χ1n) is 9.99. The number of hydrogen-bond donors (Lipinski definition) is 3. The predicted octanol–water partition coefficient (Wildman–Crippen LogP) is 3.78. The van der Waals surface area contributed by atoms with Crippen LogP contribution in [-0.2, 0) is 14.8 Å². The Morgan fingerprint density at radius 2 is 1.56 bits per heavy atom. The minimum atomic E-state index is -3.79. The Kier molecular flexibility index (Phi) is 6.95. The van der Waals surface area contributed by atoms with Gasteiger partial charge in [0.05, 0.1) is 11.4 Å². The Balaban J connectivity index is 1.63. The van der Waals surface area contributed by atoms with E-state index in [1.807, 2.05) is 32.9 Å². The molecule has 0 saturated heterocycles. The van der Waals surface area contributed by atoms with Crippen molar-refractivity contribution in [2.24, 2.45) is 0 Å². The molecule has 3 N–H and O–H groups in total.